The Morgan fingerprint density at radius 2 is 1.43 bits per heavy atom. The predicted octanol–water partition coefficient (Wildman–Crippen LogP) is 7.42. The van der Waals surface area contributed by atoms with Gasteiger partial charge in [-0.3, -0.25) is 4.90 Å². The topological polar surface area (TPSA) is 32.7 Å². The molecule has 0 spiro atoms. The van der Waals surface area contributed by atoms with Crippen LogP contribution in [0.5, 0.6) is 5.75 Å². The molecule has 1 unspecified atom stereocenters. The molecule has 172 valence electrons. The van der Waals surface area contributed by atoms with E-state index in [0.29, 0.717) is 11.8 Å². The van der Waals surface area contributed by atoms with Crippen LogP contribution in [0.2, 0.25) is 0 Å². The van der Waals surface area contributed by atoms with E-state index in [1.54, 1.807) is 0 Å². The predicted molar refractivity (Wildman–Crippen MR) is 128 cm³/mol. The Labute approximate surface area is 186 Å². The van der Waals surface area contributed by atoms with Crippen molar-refractivity contribution in [1.29, 1.82) is 0 Å². The second kappa shape index (κ2) is 15.7. The van der Waals surface area contributed by atoms with E-state index in [2.05, 4.69) is 30.9 Å². The van der Waals surface area contributed by atoms with Gasteiger partial charge in [-0.05, 0) is 36.5 Å². The maximum atomic E-state index is 10.3. The largest absolute Gasteiger partial charge is 0.508 e. The molecule has 3 heteroatoms. The van der Waals surface area contributed by atoms with Gasteiger partial charge in [0.15, 0.2) is 0 Å². The second-order valence-corrected chi connectivity index (χ2v) is 9.13. The van der Waals surface area contributed by atoms with Gasteiger partial charge in [0.2, 0.25) is 0 Å². The third-order valence-electron chi connectivity index (χ3n) is 6.61. The van der Waals surface area contributed by atoms with Gasteiger partial charge < -0.3 is 9.84 Å². The highest BCUT2D eigenvalue weighted by atomic mass is 16.5. The number of rotatable bonds is 16. The summed E-state index contributed by atoms with van der Waals surface area (Å²) in [5, 5.41) is 10.3. The molecule has 0 amide bonds. The molecule has 30 heavy (non-hydrogen) atoms. The van der Waals surface area contributed by atoms with Gasteiger partial charge >= 0.3 is 0 Å². The monoisotopic (exact) mass is 417 g/mol. The van der Waals surface area contributed by atoms with Crippen molar-refractivity contribution in [2.45, 2.75) is 110 Å². The highest BCUT2D eigenvalue weighted by Crippen LogP contribution is 2.31. The fourth-order valence-corrected chi connectivity index (χ4v) is 4.65. The summed E-state index contributed by atoms with van der Waals surface area (Å²) >= 11 is 0. The molecule has 1 saturated heterocycles. The van der Waals surface area contributed by atoms with Crippen LogP contribution in [0.25, 0.3) is 0 Å². The van der Waals surface area contributed by atoms with Crippen molar-refractivity contribution in [2.24, 2.45) is 0 Å². The molecule has 1 aliphatic rings. The maximum absolute atomic E-state index is 10.3. The lowest BCUT2D eigenvalue weighted by Crippen LogP contribution is -2.39. The summed E-state index contributed by atoms with van der Waals surface area (Å²) in [6, 6.07) is 6.82. The fraction of sp³-hybridized carbons (Fsp3) is 0.778. The van der Waals surface area contributed by atoms with Crippen molar-refractivity contribution in [1.82, 2.24) is 4.90 Å². The molecule has 3 nitrogen and oxygen atoms in total. The fourth-order valence-electron chi connectivity index (χ4n) is 4.65. The maximum Gasteiger partial charge on any atom is 0.118 e. The van der Waals surface area contributed by atoms with Crippen molar-refractivity contribution in [3.8, 4) is 5.75 Å². The molecule has 1 aliphatic heterocycles. The van der Waals surface area contributed by atoms with Crippen LogP contribution in [0.15, 0.2) is 18.2 Å². The molecule has 0 aromatic heterocycles. The van der Waals surface area contributed by atoms with Gasteiger partial charge in [-0.15, -0.1) is 0 Å². The van der Waals surface area contributed by atoms with E-state index in [4.69, 9.17) is 4.74 Å². The van der Waals surface area contributed by atoms with Crippen molar-refractivity contribution in [2.75, 3.05) is 26.3 Å². The Balaban J connectivity index is 1.82. The zero-order chi connectivity index (χ0) is 21.4. The van der Waals surface area contributed by atoms with E-state index < -0.39 is 0 Å². The lowest BCUT2D eigenvalue weighted by atomic mass is 9.94. The van der Waals surface area contributed by atoms with Crippen LogP contribution in [0.1, 0.15) is 114 Å². The van der Waals surface area contributed by atoms with Gasteiger partial charge in [0, 0.05) is 19.1 Å². The van der Waals surface area contributed by atoms with E-state index in [0.717, 1.165) is 51.1 Å². The molecule has 0 aliphatic carbocycles. The molecular formula is C27H47NO2. The Morgan fingerprint density at radius 3 is 2.07 bits per heavy atom. The van der Waals surface area contributed by atoms with Gasteiger partial charge in [-0.25, -0.2) is 0 Å². The first-order valence-electron chi connectivity index (χ1n) is 12.9. The number of unbranched alkanes of at least 4 members (excludes halogenated alkanes) is 10. The molecule has 1 heterocycles. The smallest absolute Gasteiger partial charge is 0.118 e. The number of morpholine rings is 1. The normalized spacial score (nSPS) is 16.1. The summed E-state index contributed by atoms with van der Waals surface area (Å²) in [5.41, 5.74) is 2.51. The summed E-state index contributed by atoms with van der Waals surface area (Å²) in [4.78, 5) is 2.60. The van der Waals surface area contributed by atoms with E-state index in [9.17, 15) is 5.11 Å². The Morgan fingerprint density at radius 1 is 0.833 bits per heavy atom. The third kappa shape index (κ3) is 9.39. The van der Waals surface area contributed by atoms with E-state index >= 15 is 0 Å². The van der Waals surface area contributed by atoms with Crippen LogP contribution in [0, 0.1) is 0 Å². The summed E-state index contributed by atoms with van der Waals surface area (Å²) in [6.45, 7) is 8.22. The number of phenols is 1. The van der Waals surface area contributed by atoms with Gasteiger partial charge in [0.25, 0.3) is 0 Å². The standard InChI is InChI=1S/C27H47NO2/c1-3-5-7-8-9-10-11-12-13-14-16-26(28-19-21-30-22-20-28)24-17-18-27(29)25(23-24)15-6-4-2/h17-18,23,26,29H,3-16,19-22H2,1-2H3. The number of hydrogen-bond donors (Lipinski definition) is 1. The summed E-state index contributed by atoms with van der Waals surface area (Å²) in [6.07, 6.45) is 18.3. The minimum absolute atomic E-state index is 0.462. The molecule has 0 bridgehead atoms. The van der Waals surface area contributed by atoms with Crippen LogP contribution in [0.4, 0.5) is 0 Å². The average Bonchev–Trinajstić information content (AvgIpc) is 2.78. The first-order chi connectivity index (χ1) is 14.8. The molecule has 1 aromatic carbocycles. The summed E-state index contributed by atoms with van der Waals surface area (Å²) in [5.74, 6) is 0.465. The van der Waals surface area contributed by atoms with Gasteiger partial charge in [0.1, 0.15) is 5.75 Å². The first kappa shape index (κ1) is 25.2. The molecule has 1 N–H and O–H groups in total. The van der Waals surface area contributed by atoms with Crippen molar-refractivity contribution in [3.63, 3.8) is 0 Å². The van der Waals surface area contributed by atoms with Crippen LogP contribution in [0.3, 0.4) is 0 Å². The van der Waals surface area contributed by atoms with E-state index in [1.807, 2.05) is 6.07 Å². The quantitative estimate of drug-likeness (QED) is 0.284. The number of hydrogen-bond acceptors (Lipinski definition) is 3. The molecule has 1 atom stereocenters. The van der Waals surface area contributed by atoms with E-state index in [1.165, 1.54) is 76.2 Å². The number of ether oxygens (including phenoxy) is 1. The summed E-state index contributed by atoms with van der Waals surface area (Å²) < 4.78 is 5.61. The molecule has 1 fully saturated rings. The molecular weight excluding hydrogens is 370 g/mol. The SMILES string of the molecule is CCCCCCCCCCCCC(c1ccc(O)c(CCCC)c1)N1CCOCC1. The number of phenolic OH excluding ortho intramolecular Hbond substituents is 1. The molecule has 0 saturated carbocycles. The minimum Gasteiger partial charge on any atom is -0.508 e. The number of aryl methyl sites for hydroxylation is 1. The highest BCUT2D eigenvalue weighted by Gasteiger charge is 2.23. The molecule has 1 aromatic rings. The van der Waals surface area contributed by atoms with E-state index in [-0.39, 0.29) is 0 Å². The van der Waals surface area contributed by atoms with Crippen molar-refractivity contribution in [3.05, 3.63) is 29.3 Å². The lowest BCUT2D eigenvalue weighted by Gasteiger charge is -2.35. The number of benzene rings is 1. The minimum atomic E-state index is 0.462. The van der Waals surface area contributed by atoms with Crippen molar-refractivity contribution >= 4 is 0 Å². The Hall–Kier alpha value is -1.06. The third-order valence-corrected chi connectivity index (χ3v) is 6.61. The average molecular weight is 418 g/mol. The first-order valence-corrected chi connectivity index (χ1v) is 12.9. The Kier molecular flexibility index (Phi) is 13.2. The van der Waals surface area contributed by atoms with Crippen LogP contribution >= 0.6 is 0 Å². The zero-order valence-corrected chi connectivity index (χ0v) is 19.8. The van der Waals surface area contributed by atoms with Crippen LogP contribution in [-0.2, 0) is 11.2 Å². The van der Waals surface area contributed by atoms with Crippen molar-refractivity contribution < 1.29 is 9.84 Å². The molecule has 0 radical (unpaired) electrons. The van der Waals surface area contributed by atoms with Crippen LogP contribution < -0.4 is 0 Å². The van der Waals surface area contributed by atoms with Gasteiger partial charge in [-0.1, -0.05) is 96.6 Å². The van der Waals surface area contributed by atoms with Gasteiger partial charge in [0.05, 0.1) is 13.2 Å². The van der Waals surface area contributed by atoms with Gasteiger partial charge in [-0.2, -0.15) is 0 Å². The zero-order valence-electron chi connectivity index (χ0n) is 19.8. The summed E-state index contributed by atoms with van der Waals surface area (Å²) in [7, 11) is 0. The highest BCUT2D eigenvalue weighted by molar-refractivity contribution is 5.37. The number of aromatic hydroxyl groups is 1. The second-order valence-electron chi connectivity index (χ2n) is 9.13. The lowest BCUT2D eigenvalue weighted by molar-refractivity contribution is 0.0136. The van der Waals surface area contributed by atoms with Crippen LogP contribution in [-0.4, -0.2) is 36.3 Å². The molecule has 2 rings (SSSR count). The number of nitrogens with zero attached hydrogens (tertiary/aromatic N) is 1. The Bertz CT molecular complexity index is 554.